The summed E-state index contributed by atoms with van der Waals surface area (Å²) in [6.07, 6.45) is -5.81. The van der Waals surface area contributed by atoms with Crippen LogP contribution in [0.3, 0.4) is 0 Å². The van der Waals surface area contributed by atoms with Crippen LogP contribution in [-0.2, 0) is 9.53 Å². The number of hydrogen-bond donors (Lipinski definition) is 1. The van der Waals surface area contributed by atoms with Gasteiger partial charge in [0.25, 0.3) is 0 Å². The van der Waals surface area contributed by atoms with E-state index in [2.05, 4.69) is 0 Å². The molecule has 0 amide bonds. The zero-order valence-corrected chi connectivity index (χ0v) is 9.02. The van der Waals surface area contributed by atoms with E-state index in [-0.39, 0.29) is 0 Å². The fraction of sp³-hybridized carbons (Fsp3) is 0.889. The number of nitrogens with two attached hydrogens (primary N) is 1. The highest BCUT2D eigenvalue weighted by molar-refractivity contribution is 5.75. The lowest BCUT2D eigenvalue weighted by Crippen LogP contribution is -2.38. The van der Waals surface area contributed by atoms with Crippen LogP contribution in [0.2, 0.25) is 0 Å². The number of esters is 1. The number of rotatable bonds is 3. The van der Waals surface area contributed by atoms with E-state index in [1.54, 1.807) is 20.8 Å². The van der Waals surface area contributed by atoms with Crippen molar-refractivity contribution in [2.45, 2.75) is 51.4 Å². The van der Waals surface area contributed by atoms with Crippen LogP contribution in [0.1, 0.15) is 33.6 Å². The Kier molecular flexibility index (Phi) is 4.58. The van der Waals surface area contributed by atoms with E-state index in [0.29, 0.717) is 0 Å². The SMILES string of the molecule is CC(C)(C)OC(=O)C(N)CCC(F)(F)F. The minimum Gasteiger partial charge on any atom is -0.459 e. The van der Waals surface area contributed by atoms with Gasteiger partial charge >= 0.3 is 12.1 Å². The highest BCUT2D eigenvalue weighted by Crippen LogP contribution is 2.22. The molecule has 0 aromatic carbocycles. The first-order valence-corrected chi connectivity index (χ1v) is 4.56. The van der Waals surface area contributed by atoms with Crippen molar-refractivity contribution < 1.29 is 22.7 Å². The van der Waals surface area contributed by atoms with Gasteiger partial charge in [0, 0.05) is 6.42 Å². The van der Waals surface area contributed by atoms with Gasteiger partial charge in [-0.05, 0) is 27.2 Å². The van der Waals surface area contributed by atoms with Crippen molar-refractivity contribution in [2.75, 3.05) is 0 Å². The van der Waals surface area contributed by atoms with E-state index < -0.39 is 36.6 Å². The Morgan fingerprint density at radius 1 is 1.33 bits per heavy atom. The average molecular weight is 227 g/mol. The maximum atomic E-state index is 11.8. The number of ether oxygens (including phenoxy) is 1. The lowest BCUT2D eigenvalue weighted by Gasteiger charge is -2.22. The van der Waals surface area contributed by atoms with Gasteiger partial charge in [-0.25, -0.2) is 0 Å². The molecule has 0 aliphatic heterocycles. The topological polar surface area (TPSA) is 52.3 Å². The maximum Gasteiger partial charge on any atom is 0.389 e. The van der Waals surface area contributed by atoms with Gasteiger partial charge in [-0.3, -0.25) is 4.79 Å². The molecule has 0 bridgehead atoms. The van der Waals surface area contributed by atoms with Gasteiger partial charge in [-0.15, -0.1) is 0 Å². The van der Waals surface area contributed by atoms with Crippen LogP contribution in [-0.4, -0.2) is 23.8 Å². The molecule has 1 atom stereocenters. The molecule has 90 valence electrons. The molecule has 15 heavy (non-hydrogen) atoms. The standard InChI is InChI=1S/C9H16F3NO2/c1-8(2,3)15-7(14)6(13)4-5-9(10,11)12/h6H,4-5,13H2,1-3H3. The highest BCUT2D eigenvalue weighted by Gasteiger charge is 2.30. The number of hydrogen-bond acceptors (Lipinski definition) is 3. The molecule has 0 aromatic rings. The predicted octanol–water partition coefficient (Wildman–Crippen LogP) is 2.00. The minimum absolute atomic E-state index is 0.446. The molecule has 0 saturated carbocycles. The Morgan fingerprint density at radius 2 is 1.80 bits per heavy atom. The van der Waals surface area contributed by atoms with Crippen LogP contribution >= 0.6 is 0 Å². The molecular weight excluding hydrogens is 211 g/mol. The van der Waals surface area contributed by atoms with Gasteiger partial charge in [-0.2, -0.15) is 13.2 Å². The minimum atomic E-state index is -4.29. The fourth-order valence-electron chi connectivity index (χ4n) is 0.814. The van der Waals surface area contributed by atoms with Crippen LogP contribution in [0.4, 0.5) is 13.2 Å². The molecule has 0 spiro atoms. The van der Waals surface area contributed by atoms with Gasteiger partial charge in [0.15, 0.2) is 0 Å². The summed E-state index contributed by atoms with van der Waals surface area (Å²) in [5.74, 6) is -0.799. The summed E-state index contributed by atoms with van der Waals surface area (Å²) in [4.78, 5) is 11.2. The van der Waals surface area contributed by atoms with Gasteiger partial charge in [0.2, 0.25) is 0 Å². The quantitative estimate of drug-likeness (QED) is 0.750. The zero-order valence-electron chi connectivity index (χ0n) is 9.02. The number of carbonyl (C=O) groups excluding carboxylic acids is 1. The molecule has 0 radical (unpaired) electrons. The van der Waals surface area contributed by atoms with Crippen LogP contribution in [0.25, 0.3) is 0 Å². The molecule has 0 heterocycles. The summed E-state index contributed by atoms with van der Waals surface area (Å²) >= 11 is 0. The maximum absolute atomic E-state index is 11.8. The van der Waals surface area contributed by atoms with Crippen molar-refractivity contribution in [1.82, 2.24) is 0 Å². The third-order valence-corrected chi connectivity index (χ3v) is 1.45. The van der Waals surface area contributed by atoms with Crippen LogP contribution in [0.5, 0.6) is 0 Å². The third kappa shape index (κ3) is 8.23. The van der Waals surface area contributed by atoms with E-state index >= 15 is 0 Å². The van der Waals surface area contributed by atoms with Crippen molar-refractivity contribution in [2.24, 2.45) is 5.73 Å². The van der Waals surface area contributed by atoms with E-state index in [0.717, 1.165) is 0 Å². The van der Waals surface area contributed by atoms with Gasteiger partial charge in [-0.1, -0.05) is 0 Å². The van der Waals surface area contributed by atoms with E-state index in [1.807, 2.05) is 0 Å². The van der Waals surface area contributed by atoms with E-state index in [9.17, 15) is 18.0 Å². The van der Waals surface area contributed by atoms with Crippen molar-refractivity contribution in [3.8, 4) is 0 Å². The summed E-state index contributed by atoms with van der Waals surface area (Å²) in [6.45, 7) is 4.88. The zero-order chi connectivity index (χ0) is 12.3. The first-order valence-electron chi connectivity index (χ1n) is 4.56. The summed E-state index contributed by atoms with van der Waals surface area (Å²) in [7, 11) is 0. The Labute approximate surface area is 86.8 Å². The second-order valence-corrected chi connectivity index (χ2v) is 4.29. The van der Waals surface area contributed by atoms with Crippen LogP contribution in [0.15, 0.2) is 0 Å². The molecule has 2 N–H and O–H groups in total. The number of halogens is 3. The second-order valence-electron chi connectivity index (χ2n) is 4.29. The summed E-state index contributed by atoms with van der Waals surface area (Å²) in [5, 5.41) is 0. The number of carbonyl (C=O) groups is 1. The smallest absolute Gasteiger partial charge is 0.389 e. The molecule has 6 heteroatoms. The first kappa shape index (κ1) is 14.2. The Bertz CT molecular complexity index is 220. The van der Waals surface area contributed by atoms with Crippen molar-refractivity contribution in [1.29, 1.82) is 0 Å². The molecular formula is C9H16F3NO2. The van der Waals surface area contributed by atoms with Gasteiger partial charge in [0.05, 0.1) is 0 Å². The largest absolute Gasteiger partial charge is 0.459 e. The van der Waals surface area contributed by atoms with Crippen molar-refractivity contribution in [3.63, 3.8) is 0 Å². The molecule has 0 aliphatic carbocycles. The van der Waals surface area contributed by atoms with Crippen LogP contribution in [0, 0.1) is 0 Å². The lowest BCUT2D eigenvalue weighted by molar-refractivity contribution is -0.159. The second kappa shape index (κ2) is 4.83. The molecule has 0 aliphatic rings. The Hall–Kier alpha value is -0.780. The normalized spacial score (nSPS) is 14.9. The molecule has 3 nitrogen and oxygen atoms in total. The van der Waals surface area contributed by atoms with Crippen LogP contribution < -0.4 is 5.73 Å². The van der Waals surface area contributed by atoms with Crippen molar-refractivity contribution >= 4 is 5.97 Å². The van der Waals surface area contributed by atoms with Gasteiger partial charge < -0.3 is 10.5 Å². The average Bonchev–Trinajstić information content (AvgIpc) is 1.95. The first-order chi connectivity index (χ1) is 6.51. The van der Waals surface area contributed by atoms with Crippen molar-refractivity contribution in [3.05, 3.63) is 0 Å². The molecule has 0 rings (SSSR count). The number of alkyl halides is 3. The molecule has 0 fully saturated rings. The molecule has 1 unspecified atom stereocenters. The molecule has 0 saturated heterocycles. The third-order valence-electron chi connectivity index (χ3n) is 1.45. The fourth-order valence-corrected chi connectivity index (χ4v) is 0.814. The Balaban J connectivity index is 4.01. The van der Waals surface area contributed by atoms with E-state index in [1.165, 1.54) is 0 Å². The summed E-state index contributed by atoms with van der Waals surface area (Å²) in [5.41, 5.74) is 4.53. The lowest BCUT2D eigenvalue weighted by atomic mass is 10.1. The predicted molar refractivity (Wildman–Crippen MR) is 49.1 cm³/mol. The molecule has 0 aromatic heterocycles. The van der Waals surface area contributed by atoms with E-state index in [4.69, 9.17) is 10.5 Å². The highest BCUT2D eigenvalue weighted by atomic mass is 19.4. The summed E-state index contributed by atoms with van der Waals surface area (Å²) < 4.78 is 40.3. The Morgan fingerprint density at radius 3 is 2.13 bits per heavy atom. The van der Waals surface area contributed by atoms with Gasteiger partial charge in [0.1, 0.15) is 11.6 Å². The monoisotopic (exact) mass is 227 g/mol. The summed E-state index contributed by atoms with van der Waals surface area (Å²) in [6, 6.07) is -1.22.